The third-order valence-electron chi connectivity index (χ3n) is 3.82. The molecular weight excluding hydrogens is 314 g/mol. The van der Waals surface area contributed by atoms with E-state index >= 15 is 0 Å². The minimum absolute atomic E-state index is 0.486. The van der Waals surface area contributed by atoms with E-state index < -0.39 is 0 Å². The Morgan fingerprint density at radius 2 is 1.91 bits per heavy atom. The van der Waals surface area contributed by atoms with Crippen LogP contribution >= 0.6 is 11.6 Å². The lowest BCUT2D eigenvalue weighted by Gasteiger charge is -2.11. The first-order valence-corrected chi connectivity index (χ1v) is 8.06. The van der Waals surface area contributed by atoms with Gasteiger partial charge in [-0.05, 0) is 37.0 Å². The van der Waals surface area contributed by atoms with Gasteiger partial charge in [-0.1, -0.05) is 17.7 Å². The van der Waals surface area contributed by atoms with Crippen molar-refractivity contribution in [3.63, 3.8) is 0 Å². The van der Waals surface area contributed by atoms with Crippen LogP contribution in [0.3, 0.4) is 0 Å². The van der Waals surface area contributed by atoms with Crippen LogP contribution in [0.4, 0.5) is 5.82 Å². The highest BCUT2D eigenvalue weighted by Crippen LogP contribution is 2.38. The van der Waals surface area contributed by atoms with Crippen LogP contribution in [0.1, 0.15) is 30.1 Å². The molecule has 0 aliphatic heterocycles. The zero-order valence-corrected chi connectivity index (χ0v) is 14.1. The van der Waals surface area contributed by atoms with E-state index in [2.05, 4.69) is 15.3 Å². The molecule has 1 aromatic carbocycles. The van der Waals surface area contributed by atoms with E-state index in [1.165, 1.54) is 0 Å². The molecule has 1 heterocycles. The maximum absolute atomic E-state index is 6.07. The number of ether oxygens (including phenoxy) is 2. The maximum Gasteiger partial charge on any atom is 0.160 e. The molecule has 3 rings (SSSR count). The molecule has 0 spiro atoms. The third-order valence-corrected chi connectivity index (χ3v) is 4.02. The van der Waals surface area contributed by atoms with Crippen LogP contribution in [-0.2, 0) is 6.42 Å². The van der Waals surface area contributed by atoms with Gasteiger partial charge < -0.3 is 14.8 Å². The molecule has 122 valence electrons. The largest absolute Gasteiger partial charge is 0.493 e. The first kappa shape index (κ1) is 15.9. The van der Waals surface area contributed by atoms with Gasteiger partial charge in [0.2, 0.25) is 0 Å². The number of nitrogens with one attached hydrogen (secondary N) is 1. The number of benzene rings is 1. The van der Waals surface area contributed by atoms with E-state index in [1.807, 2.05) is 18.2 Å². The zero-order chi connectivity index (χ0) is 16.2. The summed E-state index contributed by atoms with van der Waals surface area (Å²) in [6.07, 6.45) is 3.16. The second kappa shape index (κ2) is 7.04. The molecule has 0 amide bonds. The van der Waals surface area contributed by atoms with Crippen LogP contribution in [-0.4, -0.2) is 30.7 Å². The predicted molar refractivity (Wildman–Crippen MR) is 90.8 cm³/mol. The van der Waals surface area contributed by atoms with Crippen molar-refractivity contribution in [3.05, 3.63) is 40.8 Å². The van der Waals surface area contributed by atoms with Crippen molar-refractivity contribution in [2.75, 3.05) is 26.1 Å². The highest BCUT2D eigenvalue weighted by atomic mass is 35.5. The van der Waals surface area contributed by atoms with Crippen LogP contribution in [0.25, 0.3) is 0 Å². The Morgan fingerprint density at radius 1 is 1.13 bits per heavy atom. The predicted octanol–water partition coefficient (Wildman–Crippen LogP) is 3.68. The molecule has 1 aliphatic carbocycles. The molecule has 5 nitrogen and oxygen atoms in total. The van der Waals surface area contributed by atoms with Gasteiger partial charge in [-0.25, -0.2) is 9.97 Å². The minimum atomic E-state index is 0.486. The van der Waals surface area contributed by atoms with Crippen LogP contribution in [0.5, 0.6) is 11.5 Å². The number of hydrogen-bond donors (Lipinski definition) is 1. The Kier molecular flexibility index (Phi) is 4.86. The van der Waals surface area contributed by atoms with E-state index in [9.17, 15) is 0 Å². The topological polar surface area (TPSA) is 56.3 Å². The lowest BCUT2D eigenvalue weighted by atomic mass is 10.1. The molecule has 0 bridgehead atoms. The van der Waals surface area contributed by atoms with Crippen LogP contribution in [0, 0.1) is 0 Å². The molecule has 2 aromatic rings. The molecule has 1 saturated carbocycles. The van der Waals surface area contributed by atoms with E-state index in [0.29, 0.717) is 11.1 Å². The summed E-state index contributed by atoms with van der Waals surface area (Å²) in [6, 6.07) is 7.71. The minimum Gasteiger partial charge on any atom is -0.493 e. The van der Waals surface area contributed by atoms with Gasteiger partial charge in [0.15, 0.2) is 11.5 Å². The van der Waals surface area contributed by atoms with Crippen molar-refractivity contribution in [2.45, 2.75) is 25.2 Å². The number of anilines is 1. The van der Waals surface area contributed by atoms with Crippen molar-refractivity contribution < 1.29 is 9.47 Å². The fraction of sp³-hybridized carbons (Fsp3) is 0.412. The van der Waals surface area contributed by atoms with E-state index in [4.69, 9.17) is 21.1 Å². The van der Waals surface area contributed by atoms with Crippen molar-refractivity contribution >= 4 is 17.4 Å². The van der Waals surface area contributed by atoms with Crippen LogP contribution in [0.2, 0.25) is 5.15 Å². The van der Waals surface area contributed by atoms with E-state index in [-0.39, 0.29) is 0 Å². The lowest BCUT2D eigenvalue weighted by molar-refractivity contribution is 0.354. The molecule has 1 aliphatic rings. The average molecular weight is 334 g/mol. The molecule has 0 saturated heterocycles. The SMILES string of the molecule is COc1ccc(CCNc2cc(Cl)nc(C3CC3)n2)cc1OC. The summed E-state index contributed by atoms with van der Waals surface area (Å²) in [5, 5.41) is 3.81. The second-order valence-electron chi connectivity index (χ2n) is 5.57. The van der Waals surface area contributed by atoms with Gasteiger partial charge in [0, 0.05) is 18.5 Å². The Balaban J connectivity index is 1.61. The van der Waals surface area contributed by atoms with Crippen molar-refractivity contribution in [2.24, 2.45) is 0 Å². The smallest absolute Gasteiger partial charge is 0.160 e. The number of aromatic nitrogens is 2. The van der Waals surface area contributed by atoms with E-state index in [1.54, 1.807) is 20.3 Å². The molecule has 1 fully saturated rings. The van der Waals surface area contributed by atoms with Gasteiger partial charge in [-0.2, -0.15) is 0 Å². The Labute approximate surface area is 141 Å². The molecule has 0 radical (unpaired) electrons. The standard InChI is InChI=1S/C17H20ClN3O2/c1-22-13-6-3-11(9-14(13)23-2)7-8-19-16-10-15(18)20-17(21-16)12-4-5-12/h3,6,9-10,12H,4-5,7-8H2,1-2H3,(H,19,20,21). The van der Waals surface area contributed by atoms with Gasteiger partial charge in [0.1, 0.15) is 16.8 Å². The molecule has 1 aromatic heterocycles. The van der Waals surface area contributed by atoms with Gasteiger partial charge in [0.05, 0.1) is 14.2 Å². The second-order valence-corrected chi connectivity index (χ2v) is 5.96. The summed E-state index contributed by atoms with van der Waals surface area (Å²) in [7, 11) is 3.28. The van der Waals surface area contributed by atoms with Gasteiger partial charge in [0.25, 0.3) is 0 Å². The molecule has 6 heteroatoms. The summed E-state index contributed by atoms with van der Waals surface area (Å²) >= 11 is 6.07. The summed E-state index contributed by atoms with van der Waals surface area (Å²) in [6.45, 7) is 0.757. The van der Waals surface area contributed by atoms with Crippen molar-refractivity contribution in [1.82, 2.24) is 9.97 Å². The molecule has 1 N–H and O–H groups in total. The average Bonchev–Trinajstić information content (AvgIpc) is 3.39. The fourth-order valence-electron chi connectivity index (χ4n) is 2.42. The maximum atomic E-state index is 6.07. The first-order chi connectivity index (χ1) is 11.2. The van der Waals surface area contributed by atoms with Crippen molar-refractivity contribution in [1.29, 1.82) is 0 Å². The summed E-state index contributed by atoms with van der Waals surface area (Å²) in [5.41, 5.74) is 1.16. The fourth-order valence-corrected chi connectivity index (χ4v) is 2.61. The molecule has 0 unspecified atom stereocenters. The molecule has 0 atom stereocenters. The third kappa shape index (κ3) is 4.05. The van der Waals surface area contributed by atoms with Gasteiger partial charge >= 0.3 is 0 Å². The quantitative estimate of drug-likeness (QED) is 0.783. The number of hydrogen-bond acceptors (Lipinski definition) is 5. The highest BCUT2D eigenvalue weighted by Gasteiger charge is 2.27. The number of nitrogens with zero attached hydrogens (tertiary/aromatic N) is 2. The Hall–Kier alpha value is -2.01. The van der Waals surface area contributed by atoms with Gasteiger partial charge in [-0.15, -0.1) is 0 Å². The van der Waals surface area contributed by atoms with Crippen LogP contribution in [0.15, 0.2) is 24.3 Å². The lowest BCUT2D eigenvalue weighted by Crippen LogP contribution is -2.08. The Morgan fingerprint density at radius 3 is 2.61 bits per heavy atom. The zero-order valence-electron chi connectivity index (χ0n) is 13.3. The number of halogens is 1. The van der Waals surface area contributed by atoms with E-state index in [0.717, 1.165) is 54.5 Å². The number of methoxy groups -OCH3 is 2. The number of rotatable bonds is 7. The van der Waals surface area contributed by atoms with Crippen LogP contribution < -0.4 is 14.8 Å². The van der Waals surface area contributed by atoms with Gasteiger partial charge in [-0.3, -0.25) is 0 Å². The molecule has 23 heavy (non-hydrogen) atoms. The monoisotopic (exact) mass is 333 g/mol. The summed E-state index contributed by atoms with van der Waals surface area (Å²) in [5.74, 6) is 3.60. The summed E-state index contributed by atoms with van der Waals surface area (Å²) in [4.78, 5) is 8.82. The Bertz CT molecular complexity index is 690. The highest BCUT2D eigenvalue weighted by molar-refractivity contribution is 6.29. The normalized spacial score (nSPS) is 13.7. The first-order valence-electron chi connectivity index (χ1n) is 7.69. The summed E-state index contributed by atoms with van der Waals surface area (Å²) < 4.78 is 10.6. The molecular formula is C17H20ClN3O2. The van der Waals surface area contributed by atoms with Crippen molar-refractivity contribution in [3.8, 4) is 11.5 Å².